The molecule has 1 aromatic carbocycles. The molecule has 4 rings (SSSR count). The molecule has 1 saturated heterocycles. The summed E-state index contributed by atoms with van der Waals surface area (Å²) in [7, 11) is 0. The van der Waals surface area contributed by atoms with Gasteiger partial charge in [0.2, 0.25) is 0 Å². The van der Waals surface area contributed by atoms with Crippen LogP contribution in [0, 0.1) is 11.7 Å². The van der Waals surface area contributed by atoms with Crippen LogP contribution in [0.15, 0.2) is 36.8 Å². The minimum atomic E-state index is -0.658. The summed E-state index contributed by atoms with van der Waals surface area (Å²) < 4.78 is 21.7. The number of nitrogens with zero attached hydrogens (tertiary/aromatic N) is 3. The molecule has 3 atom stereocenters. The largest absolute Gasteiger partial charge is 0.482 e. The Kier molecular flexibility index (Phi) is 6.85. The van der Waals surface area contributed by atoms with Crippen LogP contribution in [0.25, 0.3) is 11.1 Å². The van der Waals surface area contributed by atoms with Crippen LogP contribution in [-0.2, 0) is 6.54 Å². The standard InChI is InChI=1S/C22H24Cl2FN5O2/c1-12(20-16(23)2-3-17(25)21(20)24)32-19-6-14(7-28-22(19)26)15-8-29-30(11-15)10-13-4-5-27-9-18(13)31/h2-3,6-8,11-13,18,27,31H,4-5,9-10H2,1H3,(H2,26,28). The Balaban J connectivity index is 1.53. The van der Waals surface area contributed by atoms with Gasteiger partial charge < -0.3 is 20.9 Å². The van der Waals surface area contributed by atoms with Crippen molar-refractivity contribution in [2.24, 2.45) is 5.92 Å². The van der Waals surface area contributed by atoms with Crippen molar-refractivity contribution in [3.8, 4) is 16.9 Å². The van der Waals surface area contributed by atoms with Gasteiger partial charge in [-0.3, -0.25) is 4.68 Å². The van der Waals surface area contributed by atoms with Crippen LogP contribution in [0.3, 0.4) is 0 Å². The first-order valence-corrected chi connectivity index (χ1v) is 11.1. The molecular formula is C22H24Cl2FN5O2. The van der Waals surface area contributed by atoms with Crippen molar-refractivity contribution in [2.45, 2.75) is 32.1 Å². The Hall–Kier alpha value is -2.39. The lowest BCUT2D eigenvalue weighted by atomic mass is 9.95. The van der Waals surface area contributed by atoms with E-state index in [1.165, 1.54) is 12.1 Å². The predicted molar refractivity (Wildman–Crippen MR) is 122 cm³/mol. The summed E-state index contributed by atoms with van der Waals surface area (Å²) in [5, 5.41) is 18.0. The van der Waals surface area contributed by atoms with E-state index in [4.69, 9.17) is 33.7 Å². The topological polar surface area (TPSA) is 98.2 Å². The van der Waals surface area contributed by atoms with Crippen LogP contribution in [0.4, 0.5) is 10.2 Å². The molecule has 32 heavy (non-hydrogen) atoms. The predicted octanol–water partition coefficient (Wildman–Crippen LogP) is 4.08. The summed E-state index contributed by atoms with van der Waals surface area (Å²) in [6.07, 6.45) is 5.10. The van der Waals surface area contributed by atoms with Crippen molar-refractivity contribution in [3.05, 3.63) is 58.2 Å². The van der Waals surface area contributed by atoms with Crippen LogP contribution in [0.1, 0.15) is 25.0 Å². The van der Waals surface area contributed by atoms with Gasteiger partial charge in [-0.2, -0.15) is 5.10 Å². The summed E-state index contributed by atoms with van der Waals surface area (Å²) in [5.74, 6) is 0.0871. The molecular weight excluding hydrogens is 456 g/mol. The van der Waals surface area contributed by atoms with Gasteiger partial charge >= 0.3 is 0 Å². The molecule has 10 heteroatoms. The zero-order chi connectivity index (χ0) is 22.8. The summed E-state index contributed by atoms with van der Waals surface area (Å²) >= 11 is 12.3. The lowest BCUT2D eigenvalue weighted by Gasteiger charge is -2.28. The number of nitrogen functional groups attached to an aromatic ring is 1. The second-order valence-corrected chi connectivity index (χ2v) is 8.68. The number of hydrogen-bond acceptors (Lipinski definition) is 6. The Labute approximate surface area is 195 Å². The summed E-state index contributed by atoms with van der Waals surface area (Å²) in [6, 6.07) is 4.39. The number of halogens is 3. The van der Waals surface area contributed by atoms with Crippen molar-refractivity contribution in [3.63, 3.8) is 0 Å². The highest BCUT2D eigenvalue weighted by Gasteiger charge is 2.24. The van der Waals surface area contributed by atoms with Gasteiger partial charge in [0.1, 0.15) is 11.9 Å². The van der Waals surface area contributed by atoms with E-state index in [-0.39, 0.29) is 16.8 Å². The van der Waals surface area contributed by atoms with Gasteiger partial charge in [-0.15, -0.1) is 0 Å². The molecule has 0 amide bonds. The minimum Gasteiger partial charge on any atom is -0.482 e. The molecule has 1 aliphatic heterocycles. The van der Waals surface area contributed by atoms with Crippen molar-refractivity contribution in [2.75, 3.05) is 18.8 Å². The zero-order valence-electron chi connectivity index (χ0n) is 17.4. The van der Waals surface area contributed by atoms with E-state index in [0.717, 1.165) is 24.1 Å². The molecule has 3 heterocycles. The number of ether oxygens (including phenoxy) is 1. The van der Waals surface area contributed by atoms with E-state index in [9.17, 15) is 9.50 Å². The number of aliphatic hydroxyl groups excluding tert-OH is 1. The Bertz CT molecular complexity index is 1110. The molecule has 1 aliphatic rings. The fraction of sp³-hybridized carbons (Fsp3) is 0.364. The number of benzene rings is 1. The van der Waals surface area contributed by atoms with Gasteiger partial charge in [-0.25, -0.2) is 9.37 Å². The number of pyridine rings is 1. The maximum atomic E-state index is 13.9. The van der Waals surface area contributed by atoms with Crippen LogP contribution >= 0.6 is 23.2 Å². The number of rotatable bonds is 6. The Morgan fingerprint density at radius 1 is 1.34 bits per heavy atom. The average molecular weight is 480 g/mol. The van der Waals surface area contributed by atoms with Crippen LogP contribution in [-0.4, -0.2) is 39.1 Å². The quantitative estimate of drug-likeness (QED) is 0.460. The maximum Gasteiger partial charge on any atom is 0.166 e. The minimum absolute atomic E-state index is 0.0888. The Morgan fingerprint density at radius 2 is 2.16 bits per heavy atom. The van der Waals surface area contributed by atoms with Crippen molar-refractivity contribution in [1.29, 1.82) is 0 Å². The first-order chi connectivity index (χ1) is 15.3. The second-order valence-electron chi connectivity index (χ2n) is 7.90. The van der Waals surface area contributed by atoms with Gasteiger partial charge in [0.05, 0.1) is 17.3 Å². The highest BCUT2D eigenvalue weighted by molar-refractivity contribution is 6.36. The van der Waals surface area contributed by atoms with Gasteiger partial charge in [-0.05, 0) is 38.1 Å². The zero-order valence-corrected chi connectivity index (χ0v) is 18.9. The number of β-amino-alcohol motifs (C(OH)–C–C–N with tert-alkyl or cyclic N) is 1. The van der Waals surface area contributed by atoms with Crippen LogP contribution in [0.2, 0.25) is 10.0 Å². The fourth-order valence-electron chi connectivity index (χ4n) is 3.83. The molecule has 0 radical (unpaired) electrons. The number of nitrogens with two attached hydrogens (primary N) is 1. The number of aromatic nitrogens is 3. The maximum absolute atomic E-state index is 13.9. The smallest absolute Gasteiger partial charge is 0.166 e. The van der Waals surface area contributed by atoms with Crippen molar-refractivity contribution >= 4 is 29.0 Å². The molecule has 3 aromatic rings. The number of anilines is 1. The molecule has 7 nitrogen and oxygen atoms in total. The molecule has 0 saturated carbocycles. The van der Waals surface area contributed by atoms with Crippen LogP contribution < -0.4 is 15.8 Å². The van der Waals surface area contributed by atoms with Gasteiger partial charge in [0, 0.05) is 53.1 Å². The summed E-state index contributed by atoms with van der Waals surface area (Å²) in [6.45, 7) is 3.82. The van der Waals surface area contributed by atoms with Crippen molar-refractivity contribution in [1.82, 2.24) is 20.1 Å². The Morgan fingerprint density at radius 3 is 2.94 bits per heavy atom. The number of piperidine rings is 1. The van der Waals surface area contributed by atoms with Crippen molar-refractivity contribution < 1.29 is 14.2 Å². The van der Waals surface area contributed by atoms with E-state index in [1.807, 2.05) is 10.9 Å². The fourth-order valence-corrected chi connectivity index (χ4v) is 4.51. The van der Waals surface area contributed by atoms with Crippen LogP contribution in [0.5, 0.6) is 5.75 Å². The SMILES string of the molecule is CC(Oc1cc(-c2cnn(CC3CCNCC3O)c2)cnc1N)c1c(Cl)ccc(F)c1Cl. The monoisotopic (exact) mass is 479 g/mol. The lowest BCUT2D eigenvalue weighted by Crippen LogP contribution is -2.42. The lowest BCUT2D eigenvalue weighted by molar-refractivity contribution is 0.0703. The third kappa shape index (κ3) is 4.83. The first kappa shape index (κ1) is 22.8. The van der Waals surface area contributed by atoms with Gasteiger partial charge in [-0.1, -0.05) is 23.2 Å². The van der Waals surface area contributed by atoms with E-state index >= 15 is 0 Å². The average Bonchev–Trinajstić information content (AvgIpc) is 3.23. The summed E-state index contributed by atoms with van der Waals surface area (Å²) in [5.41, 5.74) is 7.95. The first-order valence-electron chi connectivity index (χ1n) is 10.3. The highest BCUT2D eigenvalue weighted by Crippen LogP contribution is 2.37. The van der Waals surface area contributed by atoms with E-state index in [1.54, 1.807) is 25.4 Å². The third-order valence-corrected chi connectivity index (χ3v) is 6.36. The molecule has 4 N–H and O–H groups in total. The molecule has 1 fully saturated rings. The molecule has 3 unspecified atom stereocenters. The second kappa shape index (κ2) is 9.62. The number of hydrogen-bond donors (Lipinski definition) is 3. The van der Waals surface area contributed by atoms with E-state index in [0.29, 0.717) is 29.4 Å². The third-order valence-electron chi connectivity index (χ3n) is 5.65. The highest BCUT2D eigenvalue weighted by atomic mass is 35.5. The number of nitrogens with one attached hydrogen (secondary N) is 1. The molecule has 0 aliphatic carbocycles. The molecule has 2 aromatic heterocycles. The van der Waals surface area contributed by atoms with Gasteiger partial charge in [0.25, 0.3) is 0 Å². The van der Waals surface area contributed by atoms with Gasteiger partial charge in [0.15, 0.2) is 11.6 Å². The number of aliphatic hydroxyl groups is 1. The normalized spacial score (nSPS) is 19.7. The summed E-state index contributed by atoms with van der Waals surface area (Å²) in [4.78, 5) is 4.23. The van der Waals surface area contributed by atoms with E-state index < -0.39 is 18.0 Å². The molecule has 0 bridgehead atoms. The van der Waals surface area contributed by atoms with E-state index in [2.05, 4.69) is 15.4 Å². The molecule has 0 spiro atoms. The molecule has 170 valence electrons.